The molecule has 19 heavy (non-hydrogen) atoms. The van der Waals surface area contributed by atoms with Crippen LogP contribution in [0.15, 0.2) is 22.6 Å². The molecule has 1 aliphatic rings. The topological polar surface area (TPSA) is 67.3 Å². The van der Waals surface area contributed by atoms with E-state index in [-0.39, 0.29) is 0 Å². The molecule has 3 N–H and O–H groups in total. The van der Waals surface area contributed by atoms with Crippen LogP contribution in [0.2, 0.25) is 0 Å². The second-order valence-electron chi connectivity index (χ2n) is 5.40. The monoisotopic (exact) mass is 260 g/mol. The van der Waals surface area contributed by atoms with E-state index in [9.17, 15) is 0 Å². The van der Waals surface area contributed by atoms with Gasteiger partial charge in [0.1, 0.15) is 5.52 Å². The van der Waals surface area contributed by atoms with E-state index >= 15 is 0 Å². The molecule has 1 aromatic heterocycles. The highest BCUT2D eigenvalue weighted by atomic mass is 16.4. The third-order valence-electron chi connectivity index (χ3n) is 3.68. The van der Waals surface area contributed by atoms with E-state index in [4.69, 9.17) is 10.2 Å². The molecular weight excluding hydrogens is 240 g/mol. The molecule has 1 saturated heterocycles. The van der Waals surface area contributed by atoms with Crippen molar-refractivity contribution in [2.75, 3.05) is 37.7 Å². The number of nitrogens with two attached hydrogens (primary N) is 1. The minimum Gasteiger partial charge on any atom is -0.423 e. The van der Waals surface area contributed by atoms with Crippen molar-refractivity contribution in [2.24, 2.45) is 5.92 Å². The normalized spacial score (nSPS) is 20.8. The van der Waals surface area contributed by atoms with E-state index in [1.165, 1.54) is 19.4 Å². The maximum absolute atomic E-state index is 5.73. The van der Waals surface area contributed by atoms with Crippen LogP contribution in [-0.2, 0) is 0 Å². The highest BCUT2D eigenvalue weighted by Crippen LogP contribution is 2.22. The van der Waals surface area contributed by atoms with Crippen LogP contribution >= 0.6 is 0 Å². The first kappa shape index (κ1) is 12.3. The molecule has 1 aromatic carbocycles. The largest absolute Gasteiger partial charge is 0.423 e. The molecule has 0 saturated carbocycles. The number of nitrogen functional groups attached to an aromatic ring is 1. The molecule has 0 amide bonds. The predicted octanol–water partition coefficient (Wildman–Crippen LogP) is 2.16. The van der Waals surface area contributed by atoms with E-state index < -0.39 is 0 Å². The van der Waals surface area contributed by atoms with Crippen molar-refractivity contribution >= 4 is 22.8 Å². The molecule has 2 heterocycles. The predicted molar refractivity (Wildman–Crippen MR) is 77.1 cm³/mol. The number of anilines is 2. The summed E-state index contributed by atoms with van der Waals surface area (Å²) in [7, 11) is 2.17. The van der Waals surface area contributed by atoms with Crippen LogP contribution in [0.4, 0.5) is 11.7 Å². The van der Waals surface area contributed by atoms with Crippen LogP contribution in [0.1, 0.15) is 12.8 Å². The van der Waals surface area contributed by atoms with E-state index in [1.807, 2.05) is 18.2 Å². The smallest absolute Gasteiger partial charge is 0.295 e. The van der Waals surface area contributed by atoms with Crippen LogP contribution in [0.3, 0.4) is 0 Å². The summed E-state index contributed by atoms with van der Waals surface area (Å²) in [6.45, 7) is 3.26. The molecule has 0 bridgehead atoms. The van der Waals surface area contributed by atoms with Gasteiger partial charge in [0.05, 0.1) is 0 Å². The molecule has 102 valence electrons. The lowest BCUT2D eigenvalue weighted by Crippen LogP contribution is -2.35. The van der Waals surface area contributed by atoms with Crippen LogP contribution in [0, 0.1) is 5.92 Å². The lowest BCUT2D eigenvalue weighted by atomic mass is 9.99. The summed E-state index contributed by atoms with van der Waals surface area (Å²) in [5, 5.41) is 3.30. The van der Waals surface area contributed by atoms with E-state index in [0.717, 1.165) is 24.2 Å². The number of nitrogens with zero attached hydrogens (tertiary/aromatic N) is 2. The van der Waals surface area contributed by atoms with Gasteiger partial charge in [0.25, 0.3) is 6.01 Å². The lowest BCUT2D eigenvalue weighted by Gasteiger charge is -2.29. The first-order chi connectivity index (χ1) is 9.20. The first-order valence-electron chi connectivity index (χ1n) is 6.79. The van der Waals surface area contributed by atoms with Crippen molar-refractivity contribution in [1.29, 1.82) is 0 Å². The SMILES string of the molecule is CN1CCCC(CNc2nc3ccc(N)cc3o2)C1. The molecule has 2 aromatic rings. The molecule has 5 nitrogen and oxygen atoms in total. The fourth-order valence-electron chi connectivity index (χ4n) is 2.69. The zero-order valence-corrected chi connectivity index (χ0v) is 11.2. The summed E-state index contributed by atoms with van der Waals surface area (Å²) >= 11 is 0. The zero-order valence-electron chi connectivity index (χ0n) is 11.2. The van der Waals surface area contributed by atoms with Crippen LogP contribution in [-0.4, -0.2) is 36.6 Å². The zero-order chi connectivity index (χ0) is 13.2. The molecular formula is C14H20N4O. The lowest BCUT2D eigenvalue weighted by molar-refractivity contribution is 0.216. The van der Waals surface area contributed by atoms with Gasteiger partial charge in [-0.1, -0.05) is 0 Å². The van der Waals surface area contributed by atoms with Crippen molar-refractivity contribution in [3.63, 3.8) is 0 Å². The van der Waals surface area contributed by atoms with Gasteiger partial charge in [0.15, 0.2) is 5.58 Å². The Morgan fingerprint density at radius 2 is 2.42 bits per heavy atom. The Morgan fingerprint density at radius 3 is 3.26 bits per heavy atom. The average Bonchev–Trinajstić information content (AvgIpc) is 2.78. The Bertz CT molecular complexity index is 566. The molecule has 0 radical (unpaired) electrons. The number of piperidine rings is 1. The Kier molecular flexibility index (Phi) is 3.29. The van der Waals surface area contributed by atoms with E-state index in [1.54, 1.807) is 0 Å². The minimum absolute atomic E-state index is 0.592. The summed E-state index contributed by atoms with van der Waals surface area (Å²) in [4.78, 5) is 6.79. The molecule has 1 fully saturated rings. The van der Waals surface area contributed by atoms with E-state index in [0.29, 0.717) is 17.6 Å². The molecule has 1 aliphatic heterocycles. The van der Waals surface area contributed by atoms with Crippen molar-refractivity contribution in [3.05, 3.63) is 18.2 Å². The number of aromatic nitrogens is 1. The summed E-state index contributed by atoms with van der Waals surface area (Å²) in [5.74, 6) is 0.666. The highest BCUT2D eigenvalue weighted by molar-refractivity contribution is 5.78. The number of fused-ring (bicyclic) bond motifs is 1. The van der Waals surface area contributed by atoms with Crippen molar-refractivity contribution in [1.82, 2.24) is 9.88 Å². The van der Waals surface area contributed by atoms with Gasteiger partial charge in [0, 0.05) is 24.8 Å². The number of oxazole rings is 1. The Morgan fingerprint density at radius 1 is 1.53 bits per heavy atom. The average molecular weight is 260 g/mol. The minimum atomic E-state index is 0.592. The molecule has 5 heteroatoms. The third-order valence-corrected chi connectivity index (χ3v) is 3.68. The standard InChI is InChI=1S/C14H20N4O/c1-18-6-2-3-10(9-18)8-16-14-17-12-5-4-11(15)7-13(12)19-14/h4-5,7,10H,2-3,6,8-9,15H2,1H3,(H,16,17). The van der Waals surface area contributed by atoms with Crippen LogP contribution < -0.4 is 11.1 Å². The van der Waals surface area contributed by atoms with Gasteiger partial charge in [-0.25, -0.2) is 0 Å². The van der Waals surface area contributed by atoms with Crippen molar-refractivity contribution in [3.8, 4) is 0 Å². The molecule has 0 aliphatic carbocycles. The Labute approximate surface area is 112 Å². The maximum Gasteiger partial charge on any atom is 0.295 e. The van der Waals surface area contributed by atoms with Gasteiger partial charge in [-0.15, -0.1) is 0 Å². The van der Waals surface area contributed by atoms with Gasteiger partial charge in [-0.2, -0.15) is 4.98 Å². The number of benzene rings is 1. The number of rotatable bonds is 3. The maximum atomic E-state index is 5.73. The number of hydrogen-bond acceptors (Lipinski definition) is 5. The number of hydrogen-bond donors (Lipinski definition) is 2. The van der Waals surface area contributed by atoms with Gasteiger partial charge in [0.2, 0.25) is 0 Å². The second-order valence-corrected chi connectivity index (χ2v) is 5.40. The highest BCUT2D eigenvalue weighted by Gasteiger charge is 2.17. The number of likely N-dealkylation sites (tertiary alicyclic amines) is 1. The quantitative estimate of drug-likeness (QED) is 0.828. The van der Waals surface area contributed by atoms with Gasteiger partial charge >= 0.3 is 0 Å². The van der Waals surface area contributed by atoms with Gasteiger partial charge < -0.3 is 20.4 Å². The van der Waals surface area contributed by atoms with Crippen molar-refractivity contribution in [2.45, 2.75) is 12.8 Å². The summed E-state index contributed by atoms with van der Waals surface area (Å²) in [6.07, 6.45) is 2.54. The van der Waals surface area contributed by atoms with Gasteiger partial charge in [-0.05, 0) is 44.5 Å². The fraction of sp³-hybridized carbons (Fsp3) is 0.500. The van der Waals surface area contributed by atoms with E-state index in [2.05, 4.69) is 22.2 Å². The van der Waals surface area contributed by atoms with Crippen LogP contribution in [0.25, 0.3) is 11.1 Å². The molecule has 1 atom stereocenters. The molecule has 3 rings (SSSR count). The Hall–Kier alpha value is -1.75. The van der Waals surface area contributed by atoms with Crippen LogP contribution in [0.5, 0.6) is 0 Å². The first-order valence-corrected chi connectivity index (χ1v) is 6.79. The third kappa shape index (κ3) is 2.81. The summed E-state index contributed by atoms with van der Waals surface area (Å²) < 4.78 is 5.65. The summed E-state index contributed by atoms with van der Waals surface area (Å²) in [6, 6.07) is 6.12. The molecule has 1 unspecified atom stereocenters. The second kappa shape index (κ2) is 5.09. The summed E-state index contributed by atoms with van der Waals surface area (Å²) in [5.41, 5.74) is 8.01. The number of nitrogens with one attached hydrogen (secondary N) is 1. The van der Waals surface area contributed by atoms with Gasteiger partial charge in [-0.3, -0.25) is 0 Å². The van der Waals surface area contributed by atoms with Crippen molar-refractivity contribution < 1.29 is 4.42 Å². The molecule has 0 spiro atoms. The Balaban J connectivity index is 1.65. The fourth-order valence-corrected chi connectivity index (χ4v) is 2.69.